The van der Waals surface area contributed by atoms with Gasteiger partial charge in [0.1, 0.15) is 6.04 Å². The summed E-state index contributed by atoms with van der Waals surface area (Å²) >= 11 is 0. The van der Waals surface area contributed by atoms with Crippen molar-refractivity contribution >= 4 is 13.8 Å². The number of carboxylic acid groups (broad SMARTS) is 1. The molecule has 0 fully saturated rings. The summed E-state index contributed by atoms with van der Waals surface area (Å²) in [6.45, 7) is 2.48. The number of hydrogen-bond acceptors (Lipinski definition) is 6. The van der Waals surface area contributed by atoms with Crippen LogP contribution in [-0.4, -0.2) is 30.8 Å². The van der Waals surface area contributed by atoms with Crippen LogP contribution in [0.3, 0.4) is 0 Å². The monoisotopic (exact) mass is 224 g/mol. The van der Waals surface area contributed by atoms with E-state index in [-0.39, 0.29) is 0 Å². The Kier molecular flexibility index (Phi) is 5.40. The Morgan fingerprint density at radius 1 is 1.86 bits per heavy atom. The smallest absolute Gasteiger partial charge is 0.323 e. The fourth-order valence-corrected chi connectivity index (χ4v) is 1.14. The molecule has 82 valence electrons. The van der Waals surface area contributed by atoms with Gasteiger partial charge in [0.15, 0.2) is 0 Å². The van der Waals surface area contributed by atoms with E-state index in [1.165, 1.54) is 7.05 Å². The average Bonchev–Trinajstić information content (AvgIpc) is 2.04. The molecule has 0 saturated heterocycles. The zero-order valence-corrected chi connectivity index (χ0v) is 8.40. The van der Waals surface area contributed by atoms with Crippen LogP contribution in [0.1, 0.15) is 0 Å². The van der Waals surface area contributed by atoms with Crippen molar-refractivity contribution in [3.05, 3.63) is 12.8 Å². The first-order valence-electron chi connectivity index (χ1n) is 3.58. The third kappa shape index (κ3) is 4.98. The minimum absolute atomic E-state index is 0.541. The summed E-state index contributed by atoms with van der Waals surface area (Å²) in [5.41, 5.74) is 0. The van der Waals surface area contributed by atoms with E-state index in [4.69, 9.17) is 5.11 Å². The second kappa shape index (κ2) is 5.77. The predicted octanol–water partition coefficient (Wildman–Crippen LogP) is -0.696. The first kappa shape index (κ1) is 13.1. The number of likely N-dealkylation sites (N-methyl/N-ethyl adjacent to an activating group) is 1. The van der Waals surface area contributed by atoms with Crippen molar-refractivity contribution in [1.29, 1.82) is 0 Å². The van der Waals surface area contributed by atoms with E-state index in [1.807, 2.05) is 0 Å². The van der Waals surface area contributed by atoms with E-state index in [0.29, 0.717) is 6.26 Å². The highest BCUT2D eigenvalue weighted by Crippen LogP contribution is 2.38. The van der Waals surface area contributed by atoms with E-state index >= 15 is 0 Å². The average molecular weight is 224 g/mol. The lowest BCUT2D eigenvalue weighted by Crippen LogP contribution is -2.38. The van der Waals surface area contributed by atoms with Crippen LogP contribution < -0.4 is 10.2 Å². The molecule has 0 radical (unpaired) electrons. The molecule has 8 heteroatoms. The molecule has 2 N–H and O–H groups in total. The largest absolute Gasteiger partial charge is 0.746 e. The zero-order valence-electron chi connectivity index (χ0n) is 7.50. The van der Waals surface area contributed by atoms with Crippen molar-refractivity contribution in [1.82, 2.24) is 5.32 Å². The van der Waals surface area contributed by atoms with Gasteiger partial charge in [-0.25, -0.2) is 0 Å². The summed E-state index contributed by atoms with van der Waals surface area (Å²) in [4.78, 5) is 21.2. The van der Waals surface area contributed by atoms with Gasteiger partial charge in [0.05, 0.1) is 12.9 Å². The lowest BCUT2D eigenvalue weighted by atomic mass is 10.3. The van der Waals surface area contributed by atoms with Crippen LogP contribution in [0, 0.1) is 0 Å². The Labute approximate surface area is 81.0 Å². The summed E-state index contributed by atoms with van der Waals surface area (Å²) in [5, 5.41) is 10.9. The van der Waals surface area contributed by atoms with Crippen molar-refractivity contribution < 1.29 is 28.4 Å². The number of phosphoric acid groups is 1. The molecule has 2 unspecified atom stereocenters. The molecule has 7 nitrogen and oxygen atoms in total. The van der Waals surface area contributed by atoms with Gasteiger partial charge < -0.3 is 24.4 Å². The molecule has 0 rings (SSSR count). The molecule has 0 aromatic carbocycles. The van der Waals surface area contributed by atoms with E-state index in [2.05, 4.69) is 20.9 Å². The number of carboxylic acids is 1. The van der Waals surface area contributed by atoms with Crippen molar-refractivity contribution in [2.24, 2.45) is 0 Å². The van der Waals surface area contributed by atoms with Crippen molar-refractivity contribution in [3.8, 4) is 0 Å². The second-order valence-corrected chi connectivity index (χ2v) is 3.56. The maximum absolute atomic E-state index is 10.8. The van der Waals surface area contributed by atoms with Crippen LogP contribution in [0.2, 0.25) is 0 Å². The Bertz CT molecular complexity index is 255. The van der Waals surface area contributed by atoms with E-state index in [9.17, 15) is 14.3 Å². The van der Waals surface area contributed by atoms with Gasteiger partial charge in [-0.2, -0.15) is 0 Å². The Morgan fingerprint density at radius 3 is 2.79 bits per heavy atom. The number of hydrogen-bond donors (Lipinski definition) is 2. The molecule has 0 bridgehead atoms. The van der Waals surface area contributed by atoms with E-state index in [1.54, 1.807) is 0 Å². The molecule has 0 spiro atoms. The molecule has 0 amide bonds. The summed E-state index contributed by atoms with van der Waals surface area (Å²) in [6, 6.07) is -1.11. The quantitative estimate of drug-likeness (QED) is 0.435. The molecule has 0 aromatic rings. The van der Waals surface area contributed by atoms with Gasteiger partial charge in [-0.15, -0.1) is 0 Å². The van der Waals surface area contributed by atoms with Gasteiger partial charge in [0.2, 0.25) is 0 Å². The third-order valence-electron chi connectivity index (χ3n) is 1.25. The van der Waals surface area contributed by atoms with Gasteiger partial charge in [0.25, 0.3) is 0 Å². The first-order chi connectivity index (χ1) is 6.43. The minimum atomic E-state index is -4.47. The second-order valence-electron chi connectivity index (χ2n) is 2.19. The van der Waals surface area contributed by atoms with Crippen molar-refractivity contribution in [2.75, 3.05) is 13.7 Å². The summed E-state index contributed by atoms with van der Waals surface area (Å²) in [6.07, 6.45) is 0.683. The van der Waals surface area contributed by atoms with Gasteiger partial charge >= 0.3 is 13.8 Å². The number of nitrogens with one attached hydrogen (secondary N) is 1. The van der Waals surface area contributed by atoms with Crippen molar-refractivity contribution in [3.63, 3.8) is 0 Å². The Balaban J connectivity index is 4.08. The van der Waals surface area contributed by atoms with Crippen LogP contribution in [-0.2, 0) is 18.4 Å². The molecule has 0 heterocycles. The van der Waals surface area contributed by atoms with E-state index < -0.39 is 26.4 Å². The molecule has 2 atom stereocenters. The Morgan fingerprint density at radius 2 is 2.43 bits per heavy atom. The highest BCUT2D eigenvalue weighted by molar-refractivity contribution is 7.45. The molecular formula is C6H11NO6P-. The maximum atomic E-state index is 10.8. The molecule has 14 heavy (non-hydrogen) atoms. The topological polar surface area (TPSA) is 108 Å². The standard InChI is InChI=1S/C6H12NO6P/c1-3-12-14(10,11)13-4-5(7-2)6(8)9/h3,5,7H,1,4H2,2H3,(H,8,9)(H,10,11)/p-1. The summed E-state index contributed by atoms with van der Waals surface area (Å²) in [7, 11) is -3.10. The van der Waals surface area contributed by atoms with Gasteiger partial charge in [-0.3, -0.25) is 9.36 Å². The SMILES string of the molecule is C=COP(=O)([O-])OCC(NC)C(=O)O. The van der Waals surface area contributed by atoms with Crippen LogP contribution in [0.25, 0.3) is 0 Å². The number of rotatable bonds is 7. The minimum Gasteiger partial charge on any atom is -0.746 e. The maximum Gasteiger partial charge on any atom is 0.323 e. The molecule has 0 aliphatic carbocycles. The van der Waals surface area contributed by atoms with Crippen molar-refractivity contribution in [2.45, 2.75) is 6.04 Å². The highest BCUT2D eigenvalue weighted by atomic mass is 31.2. The third-order valence-corrected chi connectivity index (χ3v) is 2.12. The molecule has 0 aliphatic heterocycles. The lowest BCUT2D eigenvalue weighted by molar-refractivity contribution is -0.221. The fourth-order valence-electron chi connectivity index (χ4n) is 0.566. The molecular weight excluding hydrogens is 213 g/mol. The Hall–Kier alpha value is -0.880. The lowest BCUT2D eigenvalue weighted by Gasteiger charge is -2.22. The summed E-state index contributed by atoms with van der Waals surface area (Å²) < 4.78 is 19.0. The van der Waals surface area contributed by atoms with Crippen LogP contribution >= 0.6 is 7.82 Å². The zero-order chi connectivity index (χ0) is 11.2. The van der Waals surface area contributed by atoms with Crippen LogP contribution in [0.5, 0.6) is 0 Å². The summed E-state index contributed by atoms with van der Waals surface area (Å²) in [5.74, 6) is -1.22. The van der Waals surface area contributed by atoms with Crippen LogP contribution in [0.4, 0.5) is 0 Å². The van der Waals surface area contributed by atoms with E-state index in [0.717, 1.165) is 0 Å². The van der Waals surface area contributed by atoms with Gasteiger partial charge in [0, 0.05) is 0 Å². The normalized spacial score (nSPS) is 16.7. The van der Waals surface area contributed by atoms with Gasteiger partial charge in [-0.1, -0.05) is 6.58 Å². The first-order valence-corrected chi connectivity index (χ1v) is 5.04. The number of phosphoric ester groups is 1. The fraction of sp³-hybridized carbons (Fsp3) is 0.500. The molecule has 0 aromatic heterocycles. The highest BCUT2D eigenvalue weighted by Gasteiger charge is 2.18. The predicted molar refractivity (Wildman–Crippen MR) is 45.3 cm³/mol. The molecule has 0 aliphatic rings. The number of aliphatic carboxylic acids is 1. The van der Waals surface area contributed by atoms with Crippen LogP contribution in [0.15, 0.2) is 12.8 Å². The molecule has 0 saturated carbocycles. The number of carbonyl (C=O) groups is 1. The van der Waals surface area contributed by atoms with Gasteiger partial charge in [-0.05, 0) is 7.05 Å².